The standard InChI is InChI=1S/C16H22O4.Na.H/c1-2-3-4-5-6-10-13-15(17)19-20-16(18)14-11-8-7-9-12-14;;/h7-9,11-12H,2-6,10,13H2,1H3;;/q;+1;-1. The average molecular weight is 302 g/mol. The monoisotopic (exact) mass is 302 g/mol. The number of hydrogen-bond acceptors (Lipinski definition) is 4. The quantitative estimate of drug-likeness (QED) is 0.313. The minimum absolute atomic E-state index is 0. The molecule has 0 N–H and O–H groups in total. The fourth-order valence-electron chi connectivity index (χ4n) is 1.80. The molecule has 0 radical (unpaired) electrons. The van der Waals surface area contributed by atoms with Crippen LogP contribution in [0.2, 0.25) is 0 Å². The molecular weight excluding hydrogens is 279 g/mol. The van der Waals surface area contributed by atoms with E-state index in [2.05, 4.69) is 16.7 Å². The molecule has 0 amide bonds. The summed E-state index contributed by atoms with van der Waals surface area (Å²) in [6, 6.07) is 8.43. The zero-order valence-electron chi connectivity index (χ0n) is 14.0. The Morgan fingerprint density at radius 3 is 2.24 bits per heavy atom. The third-order valence-corrected chi connectivity index (χ3v) is 2.95. The van der Waals surface area contributed by atoms with Crippen molar-refractivity contribution >= 4 is 11.9 Å². The maximum absolute atomic E-state index is 11.5. The number of carbonyl (C=O) groups is 2. The van der Waals surface area contributed by atoms with E-state index in [1.165, 1.54) is 19.3 Å². The molecule has 0 aliphatic rings. The Morgan fingerprint density at radius 2 is 1.57 bits per heavy atom. The summed E-state index contributed by atoms with van der Waals surface area (Å²) < 4.78 is 0. The Bertz CT molecular complexity index is 412. The van der Waals surface area contributed by atoms with Gasteiger partial charge in [0.25, 0.3) is 0 Å². The first-order valence-corrected chi connectivity index (χ1v) is 7.20. The molecule has 0 aliphatic carbocycles. The van der Waals surface area contributed by atoms with E-state index in [0.29, 0.717) is 5.56 Å². The molecule has 4 nitrogen and oxygen atoms in total. The minimum atomic E-state index is -0.651. The van der Waals surface area contributed by atoms with Crippen LogP contribution in [-0.2, 0) is 14.6 Å². The smallest absolute Gasteiger partial charge is 1.00 e. The largest absolute Gasteiger partial charge is 1.00 e. The van der Waals surface area contributed by atoms with Gasteiger partial charge in [0.1, 0.15) is 0 Å². The molecule has 5 heteroatoms. The first-order valence-electron chi connectivity index (χ1n) is 7.20. The number of carbonyl (C=O) groups excluding carboxylic acids is 2. The van der Waals surface area contributed by atoms with Crippen molar-refractivity contribution in [1.82, 2.24) is 0 Å². The van der Waals surface area contributed by atoms with Crippen molar-refractivity contribution in [1.29, 1.82) is 0 Å². The maximum atomic E-state index is 11.5. The molecule has 112 valence electrons. The Hall–Kier alpha value is -0.840. The Labute approximate surface area is 149 Å². The van der Waals surface area contributed by atoms with Gasteiger partial charge in [-0.3, -0.25) is 0 Å². The fourth-order valence-corrected chi connectivity index (χ4v) is 1.80. The summed E-state index contributed by atoms with van der Waals surface area (Å²) in [6.45, 7) is 2.17. The Balaban J connectivity index is 0. The van der Waals surface area contributed by atoms with Gasteiger partial charge >= 0.3 is 41.5 Å². The molecule has 1 rings (SSSR count). The van der Waals surface area contributed by atoms with Crippen molar-refractivity contribution in [3.8, 4) is 0 Å². The Morgan fingerprint density at radius 1 is 0.952 bits per heavy atom. The molecule has 0 bridgehead atoms. The zero-order chi connectivity index (χ0) is 14.6. The van der Waals surface area contributed by atoms with Gasteiger partial charge in [0.15, 0.2) is 0 Å². The molecule has 0 heterocycles. The first-order chi connectivity index (χ1) is 9.74. The van der Waals surface area contributed by atoms with E-state index in [4.69, 9.17) is 0 Å². The second-order valence-corrected chi connectivity index (χ2v) is 4.71. The SMILES string of the molecule is CCCCCCCCC(=O)OOC(=O)c1ccccc1.[H-].[Na+]. The van der Waals surface area contributed by atoms with Crippen LogP contribution in [0, 0.1) is 0 Å². The van der Waals surface area contributed by atoms with Crippen LogP contribution >= 0.6 is 0 Å². The van der Waals surface area contributed by atoms with Crippen LogP contribution in [0.3, 0.4) is 0 Å². The second-order valence-electron chi connectivity index (χ2n) is 4.71. The summed E-state index contributed by atoms with van der Waals surface area (Å²) in [5.74, 6) is -1.15. The number of benzene rings is 1. The summed E-state index contributed by atoms with van der Waals surface area (Å²) in [5, 5.41) is 0. The van der Waals surface area contributed by atoms with E-state index in [-0.39, 0.29) is 37.4 Å². The van der Waals surface area contributed by atoms with Gasteiger partial charge in [0, 0.05) is 0 Å². The molecule has 1 aromatic rings. The number of unbranched alkanes of at least 4 members (excludes halogenated alkanes) is 5. The normalized spacial score (nSPS) is 9.57. The van der Waals surface area contributed by atoms with Crippen molar-refractivity contribution in [3.05, 3.63) is 35.9 Å². The van der Waals surface area contributed by atoms with Crippen LogP contribution in [0.5, 0.6) is 0 Å². The minimum Gasteiger partial charge on any atom is -1.00 e. The summed E-state index contributed by atoms with van der Waals surface area (Å²) in [7, 11) is 0. The topological polar surface area (TPSA) is 52.6 Å². The second kappa shape index (κ2) is 12.9. The molecule has 0 atom stereocenters. The molecule has 0 aliphatic heterocycles. The Kier molecular flexibility index (Phi) is 12.4. The maximum Gasteiger partial charge on any atom is 1.00 e. The average Bonchev–Trinajstić information content (AvgIpc) is 2.49. The van der Waals surface area contributed by atoms with Gasteiger partial charge in [-0.2, -0.15) is 0 Å². The summed E-state index contributed by atoms with van der Waals surface area (Å²) in [6.07, 6.45) is 6.83. The molecule has 21 heavy (non-hydrogen) atoms. The van der Waals surface area contributed by atoms with Gasteiger partial charge in [-0.05, 0) is 18.6 Å². The fraction of sp³-hybridized carbons (Fsp3) is 0.500. The third kappa shape index (κ3) is 9.67. The van der Waals surface area contributed by atoms with Crippen LogP contribution in [0.4, 0.5) is 0 Å². The van der Waals surface area contributed by atoms with Crippen molar-refractivity contribution < 1.29 is 50.3 Å². The molecule has 1 aromatic carbocycles. The predicted octanol–water partition coefficient (Wildman–Crippen LogP) is 1.17. The van der Waals surface area contributed by atoms with Crippen LogP contribution in [0.25, 0.3) is 0 Å². The van der Waals surface area contributed by atoms with Crippen LogP contribution in [-0.4, -0.2) is 11.9 Å². The molecule has 0 fully saturated rings. The van der Waals surface area contributed by atoms with Crippen LogP contribution in [0.15, 0.2) is 30.3 Å². The van der Waals surface area contributed by atoms with Crippen molar-refractivity contribution in [2.24, 2.45) is 0 Å². The number of rotatable bonds is 8. The van der Waals surface area contributed by atoms with E-state index in [9.17, 15) is 9.59 Å². The van der Waals surface area contributed by atoms with Gasteiger partial charge in [-0.25, -0.2) is 19.4 Å². The molecule has 0 unspecified atom stereocenters. The molecule has 0 aromatic heterocycles. The summed E-state index contributed by atoms with van der Waals surface area (Å²) in [5.41, 5.74) is 0.361. The summed E-state index contributed by atoms with van der Waals surface area (Å²) in [4.78, 5) is 31.9. The molecular formula is C16H23NaO4. The first kappa shape index (κ1) is 20.2. The van der Waals surface area contributed by atoms with E-state index in [1.807, 2.05) is 0 Å². The molecule has 0 saturated heterocycles. The van der Waals surface area contributed by atoms with Gasteiger partial charge in [0.2, 0.25) is 0 Å². The molecule has 0 spiro atoms. The third-order valence-electron chi connectivity index (χ3n) is 2.95. The van der Waals surface area contributed by atoms with Crippen molar-refractivity contribution in [3.63, 3.8) is 0 Å². The van der Waals surface area contributed by atoms with Crippen molar-refractivity contribution in [2.75, 3.05) is 0 Å². The van der Waals surface area contributed by atoms with E-state index in [1.54, 1.807) is 30.3 Å². The van der Waals surface area contributed by atoms with Gasteiger partial charge < -0.3 is 1.43 Å². The van der Waals surface area contributed by atoms with Gasteiger partial charge in [-0.15, -0.1) is 0 Å². The van der Waals surface area contributed by atoms with Crippen LogP contribution in [0.1, 0.15) is 63.7 Å². The van der Waals surface area contributed by atoms with E-state index >= 15 is 0 Å². The predicted molar refractivity (Wildman–Crippen MR) is 77.1 cm³/mol. The van der Waals surface area contributed by atoms with Crippen LogP contribution < -0.4 is 29.6 Å². The van der Waals surface area contributed by atoms with Gasteiger partial charge in [0.05, 0.1) is 12.0 Å². The zero-order valence-corrected chi connectivity index (χ0v) is 15.0. The van der Waals surface area contributed by atoms with Gasteiger partial charge in [-0.1, -0.05) is 57.2 Å². The van der Waals surface area contributed by atoms with Crippen molar-refractivity contribution in [2.45, 2.75) is 51.9 Å². The number of hydrogen-bond donors (Lipinski definition) is 0. The molecule has 0 saturated carbocycles. The van der Waals surface area contributed by atoms with E-state index in [0.717, 1.165) is 19.3 Å². The summed E-state index contributed by atoms with van der Waals surface area (Å²) >= 11 is 0. The van der Waals surface area contributed by atoms with E-state index < -0.39 is 11.9 Å².